The summed E-state index contributed by atoms with van der Waals surface area (Å²) in [6.45, 7) is 10.4. The molecule has 1 saturated carbocycles. The van der Waals surface area contributed by atoms with Crippen LogP contribution in [0.25, 0.3) is 0 Å². The van der Waals surface area contributed by atoms with Crippen LogP contribution in [0.4, 0.5) is 22.0 Å². The molecule has 0 saturated heterocycles. The van der Waals surface area contributed by atoms with E-state index in [9.17, 15) is 31.9 Å². The lowest BCUT2D eigenvalue weighted by Crippen LogP contribution is -2.33. The van der Waals surface area contributed by atoms with Crippen LogP contribution in [0, 0.1) is 6.92 Å². The van der Waals surface area contributed by atoms with Crippen molar-refractivity contribution in [3.63, 3.8) is 0 Å². The lowest BCUT2D eigenvalue weighted by atomic mass is 9.95. The summed E-state index contributed by atoms with van der Waals surface area (Å²) in [5.41, 5.74) is 8.92. The number of aliphatic hydroxyl groups excluding tert-OH is 1. The maximum atomic E-state index is 10.9. The predicted molar refractivity (Wildman–Crippen MR) is 167 cm³/mol. The number of aliphatic carboxylic acids is 1. The lowest BCUT2D eigenvalue weighted by molar-refractivity contribution is -0.152. The molecule has 0 radical (unpaired) electrons. The van der Waals surface area contributed by atoms with Gasteiger partial charge in [-0.25, -0.2) is 13.6 Å². The molecule has 1 aromatic rings. The Labute approximate surface area is 264 Å². The zero-order valence-electron chi connectivity index (χ0n) is 27.3. The maximum absolute atomic E-state index is 10.9. The first kappa shape index (κ1) is 44.2. The Hall–Kier alpha value is -2.96. The van der Waals surface area contributed by atoms with Gasteiger partial charge in [-0.3, -0.25) is 0 Å². The molecule has 260 valence electrons. The number of halogens is 5. The highest BCUT2D eigenvalue weighted by Gasteiger charge is 2.25. The zero-order valence-corrected chi connectivity index (χ0v) is 27.3. The third-order valence-electron chi connectivity index (χ3n) is 5.79. The number of rotatable bonds is 13. The van der Waals surface area contributed by atoms with Crippen LogP contribution >= 0.6 is 0 Å². The Morgan fingerprint density at radius 2 is 1.67 bits per heavy atom. The number of benzene rings is 1. The van der Waals surface area contributed by atoms with Crippen molar-refractivity contribution < 1.29 is 51.2 Å². The molecule has 0 amide bonds. The molecule has 1 aliphatic rings. The first-order valence-electron chi connectivity index (χ1n) is 14.9. The number of alkyl halides is 5. The van der Waals surface area contributed by atoms with E-state index in [1.165, 1.54) is 24.5 Å². The van der Waals surface area contributed by atoms with Gasteiger partial charge < -0.3 is 30.2 Å². The second-order valence-electron chi connectivity index (χ2n) is 10.2. The zero-order chi connectivity index (χ0) is 34.8. The number of nitrogens with two attached hydrogens (primary N) is 1. The number of aliphatic hydroxyl groups is 1. The van der Waals surface area contributed by atoms with Crippen molar-refractivity contribution in [2.75, 3.05) is 13.2 Å². The van der Waals surface area contributed by atoms with E-state index in [0.29, 0.717) is 24.5 Å². The van der Waals surface area contributed by atoms with Gasteiger partial charge in [0.05, 0.1) is 31.1 Å². The Morgan fingerprint density at radius 1 is 1.11 bits per heavy atom. The van der Waals surface area contributed by atoms with Gasteiger partial charge in [-0.1, -0.05) is 61.9 Å². The molecule has 3 unspecified atom stereocenters. The summed E-state index contributed by atoms with van der Waals surface area (Å²) >= 11 is 0. The largest absolute Gasteiger partial charge is 0.492 e. The molecule has 0 spiro atoms. The third-order valence-corrected chi connectivity index (χ3v) is 5.79. The molecule has 0 bridgehead atoms. The van der Waals surface area contributed by atoms with E-state index in [1.54, 1.807) is 6.92 Å². The summed E-state index contributed by atoms with van der Waals surface area (Å²) in [6.07, 6.45) is 4.28. The van der Waals surface area contributed by atoms with Gasteiger partial charge >= 0.3 is 12.1 Å². The van der Waals surface area contributed by atoms with Crippen LogP contribution in [0.1, 0.15) is 84.3 Å². The van der Waals surface area contributed by atoms with Crippen molar-refractivity contribution >= 4 is 5.97 Å². The van der Waals surface area contributed by atoms with Gasteiger partial charge in [0.2, 0.25) is 0 Å². The predicted octanol–water partition coefficient (Wildman–Crippen LogP) is 8.25. The fraction of sp³-hybridized carbons (Fsp3) is 0.606. The molecule has 1 aliphatic carbocycles. The minimum absolute atomic E-state index is 0.0103. The first-order chi connectivity index (χ1) is 21.0. The van der Waals surface area contributed by atoms with Gasteiger partial charge in [0.25, 0.3) is 6.43 Å². The normalized spacial score (nSPS) is 17.7. The van der Waals surface area contributed by atoms with Crippen molar-refractivity contribution in [2.24, 2.45) is 5.73 Å². The van der Waals surface area contributed by atoms with Gasteiger partial charge in [-0.05, 0) is 70.9 Å². The van der Waals surface area contributed by atoms with Crippen LogP contribution in [0.2, 0.25) is 0 Å². The maximum Gasteiger partial charge on any atom is 0.386 e. The topological polar surface area (TPSA) is 111 Å². The van der Waals surface area contributed by atoms with Crippen molar-refractivity contribution in [3.05, 3.63) is 71.2 Å². The Bertz CT molecular complexity index is 986. The molecule has 0 aromatic heterocycles. The van der Waals surface area contributed by atoms with Gasteiger partial charge in [0.15, 0.2) is 6.10 Å². The number of carboxylic acid groups (broad SMARTS) is 1. The second kappa shape index (κ2) is 26.3. The fourth-order valence-corrected chi connectivity index (χ4v) is 3.58. The average molecular weight is 654 g/mol. The van der Waals surface area contributed by atoms with E-state index in [1.807, 2.05) is 32.0 Å². The Kier molecular flexibility index (Phi) is 25.8. The van der Waals surface area contributed by atoms with E-state index in [0.717, 1.165) is 30.9 Å². The summed E-state index contributed by atoms with van der Waals surface area (Å²) < 4.78 is 70.1. The molecule has 1 aromatic carbocycles. The first-order valence-corrected chi connectivity index (χ1v) is 14.9. The number of ether oxygens (including phenoxy) is 3. The summed E-state index contributed by atoms with van der Waals surface area (Å²) in [7, 11) is 0. The average Bonchev–Trinajstić information content (AvgIpc) is 2.96. The molecule has 12 heteroatoms. The molecule has 0 aliphatic heterocycles. The SMILES string of the molecule is C/C(OCc1cccc(C)c1)=C(/N)COC1CCCC(OCC(O)C(=O)O)C1.C/C=C/C(F)F.CC(F)(F)F.CC/C=C\CC. The highest BCUT2D eigenvalue weighted by Crippen LogP contribution is 2.24. The quantitative estimate of drug-likeness (QED) is 0.112. The van der Waals surface area contributed by atoms with Crippen molar-refractivity contribution in [1.82, 2.24) is 0 Å². The number of aryl methyl sites for hydroxylation is 1. The number of hydrogen-bond donors (Lipinski definition) is 3. The monoisotopic (exact) mass is 653 g/mol. The summed E-state index contributed by atoms with van der Waals surface area (Å²) in [6, 6.07) is 8.12. The molecule has 1 fully saturated rings. The summed E-state index contributed by atoms with van der Waals surface area (Å²) in [5.74, 6) is -0.627. The van der Waals surface area contributed by atoms with Crippen LogP contribution in [0.15, 0.2) is 60.0 Å². The highest BCUT2D eigenvalue weighted by atomic mass is 19.4. The molecular formula is C33H52F5NO6. The van der Waals surface area contributed by atoms with E-state index < -0.39 is 24.7 Å². The Morgan fingerprint density at radius 3 is 2.11 bits per heavy atom. The van der Waals surface area contributed by atoms with Crippen LogP contribution in [0.3, 0.4) is 0 Å². The molecular weight excluding hydrogens is 601 g/mol. The van der Waals surface area contributed by atoms with Gasteiger partial charge in [0.1, 0.15) is 12.4 Å². The highest BCUT2D eigenvalue weighted by molar-refractivity contribution is 5.71. The number of hydrogen-bond acceptors (Lipinski definition) is 6. The van der Waals surface area contributed by atoms with Crippen LogP contribution in [0.5, 0.6) is 0 Å². The van der Waals surface area contributed by atoms with E-state index in [2.05, 4.69) is 32.1 Å². The molecule has 3 atom stereocenters. The lowest BCUT2D eigenvalue weighted by Gasteiger charge is -2.29. The molecule has 7 nitrogen and oxygen atoms in total. The van der Waals surface area contributed by atoms with Gasteiger partial charge in [-0.15, -0.1) is 0 Å². The number of carbonyl (C=O) groups is 1. The van der Waals surface area contributed by atoms with Crippen LogP contribution in [-0.4, -0.2) is 60.3 Å². The molecule has 2 rings (SSSR count). The summed E-state index contributed by atoms with van der Waals surface area (Å²) in [4.78, 5) is 10.7. The van der Waals surface area contributed by atoms with Crippen LogP contribution < -0.4 is 5.73 Å². The fourth-order valence-electron chi connectivity index (χ4n) is 3.58. The minimum Gasteiger partial charge on any atom is -0.492 e. The smallest absolute Gasteiger partial charge is 0.386 e. The third kappa shape index (κ3) is 29.5. The Balaban J connectivity index is 0. The summed E-state index contributed by atoms with van der Waals surface area (Å²) in [5, 5.41) is 18.0. The number of allylic oxidation sites excluding steroid dienone is 5. The molecule has 45 heavy (non-hydrogen) atoms. The van der Waals surface area contributed by atoms with Crippen molar-refractivity contribution in [2.45, 2.75) is 118 Å². The number of carboxylic acids is 1. The van der Waals surface area contributed by atoms with E-state index in [4.69, 9.17) is 25.1 Å². The van der Waals surface area contributed by atoms with E-state index in [-0.39, 0.29) is 32.3 Å². The van der Waals surface area contributed by atoms with E-state index >= 15 is 0 Å². The minimum atomic E-state index is -4.00. The van der Waals surface area contributed by atoms with Gasteiger partial charge in [0, 0.05) is 6.92 Å². The second-order valence-corrected chi connectivity index (χ2v) is 10.2. The molecule has 4 N–H and O–H groups in total. The molecule has 0 heterocycles. The van der Waals surface area contributed by atoms with Crippen LogP contribution in [-0.2, 0) is 25.6 Å². The van der Waals surface area contributed by atoms with Crippen molar-refractivity contribution in [3.8, 4) is 0 Å². The standard InChI is InChI=1S/C21H31NO6.C6H12.C4H6F2.C2H3F3/c1-14-5-3-6-16(9-14)11-26-15(2)19(22)12-27-17-7-4-8-18(10-17)28-13-20(23)21(24)25;1-3-5-6-4-2;1-2-3-4(5)6;1-2(3,4)5/h3,5-6,9,17-18,20,23H,4,7-8,10-13,22H2,1-2H3,(H,24,25);5-6H,3-4H2,1-2H3;2-4H,1H3;1H3/b19-15-;6-5-;3-2+;. The van der Waals surface area contributed by atoms with Crippen molar-refractivity contribution in [1.29, 1.82) is 0 Å². The van der Waals surface area contributed by atoms with Gasteiger partial charge in [-0.2, -0.15) is 13.2 Å².